The van der Waals surface area contributed by atoms with Crippen molar-refractivity contribution >= 4 is 17.8 Å². The Hall–Kier alpha value is -2.81. The van der Waals surface area contributed by atoms with Gasteiger partial charge >= 0.3 is 0 Å². The molecule has 2 N–H and O–H groups in total. The quantitative estimate of drug-likeness (QED) is 0.447. The first kappa shape index (κ1) is 23.4. The Bertz CT molecular complexity index is 885. The molecule has 0 spiro atoms. The summed E-state index contributed by atoms with van der Waals surface area (Å²) in [6.45, 7) is 3.87. The van der Waals surface area contributed by atoms with Crippen LogP contribution in [0, 0.1) is 0 Å². The molecule has 2 saturated heterocycles. The molecule has 2 aliphatic rings. The average Bonchev–Trinajstić information content (AvgIpc) is 2.87. The number of anilines is 1. The fraction of sp³-hybridized carbons (Fsp3) is 0.480. The lowest BCUT2D eigenvalue weighted by molar-refractivity contribution is -0.198. The molecule has 0 radical (unpaired) electrons. The zero-order chi connectivity index (χ0) is 22.7. The Kier molecular flexibility index (Phi) is 8.80. The Morgan fingerprint density at radius 1 is 1.15 bits per heavy atom. The number of likely N-dealkylation sites (tertiary alicyclic amines) is 1. The Morgan fingerprint density at radius 2 is 2.06 bits per heavy atom. The second-order valence-electron chi connectivity index (χ2n) is 8.56. The summed E-state index contributed by atoms with van der Waals surface area (Å²) in [5.74, 6) is 0.398. The molecule has 1 aromatic carbocycles. The van der Waals surface area contributed by atoms with Gasteiger partial charge in [-0.1, -0.05) is 30.3 Å². The van der Waals surface area contributed by atoms with Crippen LogP contribution in [0.25, 0.3) is 6.08 Å². The highest BCUT2D eigenvalue weighted by atomic mass is 16.8. The number of aromatic nitrogens is 2. The number of hydroxylamine groups is 1. The molecule has 0 bridgehead atoms. The van der Waals surface area contributed by atoms with Gasteiger partial charge in [-0.15, -0.1) is 0 Å². The third-order valence-electron chi connectivity index (χ3n) is 5.92. The van der Waals surface area contributed by atoms with Crippen LogP contribution in [0.2, 0.25) is 0 Å². The molecule has 0 aliphatic carbocycles. The fourth-order valence-electron chi connectivity index (χ4n) is 4.14. The number of ether oxygens (including phenoxy) is 1. The number of benzene rings is 1. The number of carbonyl (C=O) groups excluding carboxylic acids is 1. The van der Waals surface area contributed by atoms with Crippen molar-refractivity contribution in [2.45, 2.75) is 50.9 Å². The number of hydrogen-bond donors (Lipinski definition) is 2. The first-order valence-electron chi connectivity index (χ1n) is 11.8. The fourth-order valence-corrected chi connectivity index (χ4v) is 4.14. The molecule has 2 fully saturated rings. The van der Waals surface area contributed by atoms with Gasteiger partial charge in [0.2, 0.25) is 0 Å². The van der Waals surface area contributed by atoms with Gasteiger partial charge in [-0.2, -0.15) is 0 Å². The monoisotopic (exact) mass is 451 g/mol. The number of hydrogen-bond acceptors (Lipinski definition) is 7. The minimum atomic E-state index is -0.365. The lowest BCUT2D eigenvalue weighted by Gasteiger charge is -2.33. The zero-order valence-electron chi connectivity index (χ0n) is 19.0. The second-order valence-corrected chi connectivity index (χ2v) is 8.56. The van der Waals surface area contributed by atoms with Crippen molar-refractivity contribution in [3.8, 4) is 0 Å². The van der Waals surface area contributed by atoms with Gasteiger partial charge in [-0.05, 0) is 50.3 Å². The number of amides is 1. The van der Waals surface area contributed by atoms with Crippen LogP contribution in [0.4, 0.5) is 5.82 Å². The lowest BCUT2D eigenvalue weighted by atomic mass is 10.0. The molecular weight excluding hydrogens is 418 g/mol. The molecule has 4 rings (SSSR count). The predicted molar refractivity (Wildman–Crippen MR) is 127 cm³/mol. The molecule has 8 nitrogen and oxygen atoms in total. The molecule has 1 amide bonds. The molecule has 2 aromatic rings. The molecule has 1 aromatic heterocycles. The smallest absolute Gasteiger partial charge is 0.267 e. The summed E-state index contributed by atoms with van der Waals surface area (Å²) < 4.78 is 5.41. The van der Waals surface area contributed by atoms with Crippen LogP contribution in [0.5, 0.6) is 0 Å². The number of rotatable bonds is 9. The van der Waals surface area contributed by atoms with Crippen LogP contribution in [0.1, 0.15) is 43.4 Å². The third-order valence-corrected chi connectivity index (χ3v) is 5.92. The SMILES string of the molecule is O=C(/C=C/c1cnc(N[C@@H]2CCCN(CCc3ccccc3)C2)cn1)NOC1CCCCO1. The molecule has 8 heteroatoms. The summed E-state index contributed by atoms with van der Waals surface area (Å²) in [5.41, 5.74) is 4.39. The predicted octanol–water partition coefficient (Wildman–Crippen LogP) is 3.18. The summed E-state index contributed by atoms with van der Waals surface area (Å²) in [7, 11) is 0. The van der Waals surface area contributed by atoms with Crippen molar-refractivity contribution in [3.63, 3.8) is 0 Å². The maximum Gasteiger partial charge on any atom is 0.267 e. The van der Waals surface area contributed by atoms with Crippen LogP contribution in [0.3, 0.4) is 0 Å². The van der Waals surface area contributed by atoms with Gasteiger partial charge in [-0.3, -0.25) is 9.78 Å². The van der Waals surface area contributed by atoms with Crippen LogP contribution >= 0.6 is 0 Å². The van der Waals surface area contributed by atoms with Gasteiger partial charge in [0.25, 0.3) is 5.91 Å². The number of piperidine rings is 1. The molecule has 33 heavy (non-hydrogen) atoms. The van der Waals surface area contributed by atoms with Crippen LogP contribution in [0.15, 0.2) is 48.8 Å². The average molecular weight is 452 g/mol. The van der Waals surface area contributed by atoms with Crippen LogP contribution < -0.4 is 10.8 Å². The Balaban J connectivity index is 1.19. The number of carbonyl (C=O) groups is 1. The van der Waals surface area contributed by atoms with Crippen molar-refractivity contribution in [1.82, 2.24) is 20.3 Å². The maximum atomic E-state index is 11.9. The van der Waals surface area contributed by atoms with E-state index < -0.39 is 0 Å². The standard InChI is InChI=1S/C25H33N5O3/c31-24(29-33-25-10-4-5-16-32-25)12-11-21-17-27-23(18-26-21)28-22-9-6-14-30(19-22)15-13-20-7-2-1-3-8-20/h1-3,7-8,11-12,17-18,22,25H,4-6,9-10,13-16,19H2,(H,27,28)(H,29,31)/b12-11+/t22-,25?/m1/s1. The van der Waals surface area contributed by atoms with Crippen LogP contribution in [-0.4, -0.2) is 59.3 Å². The number of nitrogens with one attached hydrogen (secondary N) is 2. The van der Waals surface area contributed by atoms with E-state index >= 15 is 0 Å². The third kappa shape index (κ3) is 7.92. The van der Waals surface area contributed by atoms with Crippen molar-refractivity contribution in [1.29, 1.82) is 0 Å². The van der Waals surface area contributed by atoms with Crippen LogP contribution in [-0.2, 0) is 20.8 Å². The van der Waals surface area contributed by atoms with Gasteiger partial charge in [0.15, 0.2) is 6.29 Å². The second kappa shape index (κ2) is 12.4. The van der Waals surface area contributed by atoms with E-state index in [2.05, 4.69) is 56.0 Å². The van der Waals surface area contributed by atoms with Gasteiger partial charge in [0.1, 0.15) is 5.82 Å². The van der Waals surface area contributed by atoms with E-state index in [1.165, 1.54) is 18.1 Å². The van der Waals surface area contributed by atoms with E-state index in [1.54, 1.807) is 18.5 Å². The van der Waals surface area contributed by atoms with E-state index in [-0.39, 0.29) is 12.2 Å². The molecule has 2 aliphatic heterocycles. The highest BCUT2D eigenvalue weighted by Gasteiger charge is 2.20. The van der Waals surface area contributed by atoms with E-state index in [9.17, 15) is 4.79 Å². The Labute approximate surface area is 195 Å². The lowest BCUT2D eigenvalue weighted by Crippen LogP contribution is -2.43. The van der Waals surface area contributed by atoms with Gasteiger partial charge in [-0.25, -0.2) is 15.3 Å². The van der Waals surface area contributed by atoms with E-state index in [0.29, 0.717) is 18.3 Å². The summed E-state index contributed by atoms with van der Waals surface area (Å²) >= 11 is 0. The Morgan fingerprint density at radius 3 is 2.85 bits per heavy atom. The van der Waals surface area contributed by atoms with E-state index in [0.717, 1.165) is 57.6 Å². The van der Waals surface area contributed by atoms with Crippen molar-refractivity contribution in [2.75, 3.05) is 31.6 Å². The van der Waals surface area contributed by atoms with Crippen molar-refractivity contribution < 1.29 is 14.4 Å². The normalized spacial score (nSPS) is 21.7. The molecule has 3 heterocycles. The molecular formula is C25H33N5O3. The molecule has 176 valence electrons. The van der Waals surface area contributed by atoms with Gasteiger partial charge in [0.05, 0.1) is 18.1 Å². The summed E-state index contributed by atoms with van der Waals surface area (Å²) in [4.78, 5) is 28.5. The van der Waals surface area contributed by atoms with E-state index in [4.69, 9.17) is 9.57 Å². The first-order chi connectivity index (χ1) is 16.2. The van der Waals surface area contributed by atoms with Crippen molar-refractivity contribution in [2.24, 2.45) is 0 Å². The summed E-state index contributed by atoms with van der Waals surface area (Å²) in [5, 5.41) is 3.51. The molecule has 0 saturated carbocycles. The van der Waals surface area contributed by atoms with Gasteiger partial charge < -0.3 is 15.0 Å². The topological polar surface area (TPSA) is 88.6 Å². The maximum absolute atomic E-state index is 11.9. The molecule has 2 atom stereocenters. The summed E-state index contributed by atoms with van der Waals surface area (Å²) in [6, 6.07) is 11.0. The highest BCUT2D eigenvalue weighted by molar-refractivity contribution is 5.90. The van der Waals surface area contributed by atoms with Crippen molar-refractivity contribution in [3.05, 3.63) is 60.1 Å². The van der Waals surface area contributed by atoms with Gasteiger partial charge in [0, 0.05) is 38.2 Å². The number of nitrogens with zero attached hydrogens (tertiary/aromatic N) is 3. The van der Waals surface area contributed by atoms with E-state index in [1.807, 2.05) is 0 Å². The molecule has 1 unspecified atom stereocenters. The zero-order valence-corrected chi connectivity index (χ0v) is 19.0. The highest BCUT2D eigenvalue weighted by Crippen LogP contribution is 2.16. The largest absolute Gasteiger partial charge is 0.365 e. The first-order valence-corrected chi connectivity index (χ1v) is 11.8. The minimum Gasteiger partial charge on any atom is -0.365 e. The minimum absolute atomic E-state index is 0.356. The summed E-state index contributed by atoms with van der Waals surface area (Å²) in [6.07, 6.45) is 12.2.